The van der Waals surface area contributed by atoms with Crippen molar-refractivity contribution in [2.24, 2.45) is 0 Å². The van der Waals surface area contributed by atoms with Gasteiger partial charge in [0.25, 0.3) is 0 Å². The number of benzene rings is 11. The highest BCUT2D eigenvalue weighted by molar-refractivity contribution is 6.06. The molecule has 0 N–H and O–H groups in total. The van der Waals surface area contributed by atoms with Gasteiger partial charge in [0, 0.05) is 16.9 Å². The van der Waals surface area contributed by atoms with Gasteiger partial charge in [-0.1, -0.05) is 224 Å². The maximum Gasteiger partial charge on any atom is 0.0725 e. The van der Waals surface area contributed by atoms with Crippen molar-refractivity contribution in [3.63, 3.8) is 0 Å². The van der Waals surface area contributed by atoms with Crippen LogP contribution < -0.4 is 4.90 Å². The van der Waals surface area contributed by atoms with Gasteiger partial charge in [-0.25, -0.2) is 0 Å². The van der Waals surface area contributed by atoms with Crippen molar-refractivity contribution in [1.29, 1.82) is 0 Å². The first-order chi connectivity index (χ1) is 32.8. The van der Waals surface area contributed by atoms with Gasteiger partial charge in [-0.05, 0) is 131 Å². The third-order valence-electron chi connectivity index (χ3n) is 14.1. The molecule has 1 heteroatoms. The Morgan fingerprint density at radius 2 is 0.742 bits per heavy atom. The largest absolute Gasteiger partial charge is 0.310 e. The van der Waals surface area contributed by atoms with E-state index in [9.17, 15) is 0 Å². The molecule has 0 atom stereocenters. The van der Waals surface area contributed by atoms with Crippen LogP contribution in [-0.2, 0) is 5.41 Å². The lowest BCUT2D eigenvalue weighted by Crippen LogP contribution is -2.25. The summed E-state index contributed by atoms with van der Waals surface area (Å²) in [5.74, 6) is 0. The number of nitrogens with zero attached hydrogens (tertiary/aromatic N) is 1. The summed E-state index contributed by atoms with van der Waals surface area (Å²) in [4.78, 5) is 2.45. The topological polar surface area (TPSA) is 3.24 Å². The van der Waals surface area contributed by atoms with Gasteiger partial charge in [0.1, 0.15) is 0 Å². The second kappa shape index (κ2) is 15.3. The monoisotopic (exact) mass is 837 g/mol. The fourth-order valence-corrected chi connectivity index (χ4v) is 11.3. The first kappa shape index (κ1) is 38.0. The van der Waals surface area contributed by atoms with Gasteiger partial charge in [0.2, 0.25) is 0 Å². The summed E-state index contributed by atoms with van der Waals surface area (Å²) in [6, 6.07) is 96.3. The van der Waals surface area contributed by atoms with Crippen molar-refractivity contribution >= 4 is 27.8 Å². The second-order valence-corrected chi connectivity index (χ2v) is 17.5. The SMILES string of the molecule is c1ccc(-c2ccc(N(c3cccc(-c4ccc5c(c4)C4(c6ccccc6-c6ccccc64)c4ccccc4-5)c3)c3ccccc3-c3ccc4ccccc4c3-c3ccccc3)cc2)cc1. The van der Waals surface area contributed by atoms with Crippen molar-refractivity contribution in [2.75, 3.05) is 4.90 Å². The molecule has 0 radical (unpaired) electrons. The Balaban J connectivity index is 1.01. The molecule has 0 unspecified atom stereocenters. The Morgan fingerprint density at radius 1 is 0.258 bits per heavy atom. The molecule has 0 heterocycles. The van der Waals surface area contributed by atoms with Crippen LogP contribution in [0.5, 0.6) is 0 Å². The first-order valence-electron chi connectivity index (χ1n) is 22.9. The molecule has 0 saturated carbocycles. The van der Waals surface area contributed by atoms with Crippen LogP contribution in [0.2, 0.25) is 0 Å². The summed E-state index contributed by atoms with van der Waals surface area (Å²) in [5.41, 5.74) is 23.1. The molecule has 11 aromatic carbocycles. The number of rotatable bonds is 7. The highest BCUT2D eigenvalue weighted by atomic mass is 15.1. The van der Waals surface area contributed by atoms with Crippen LogP contribution in [0.1, 0.15) is 22.3 Å². The zero-order chi connectivity index (χ0) is 43.6. The smallest absolute Gasteiger partial charge is 0.0725 e. The molecule has 1 spiro atoms. The molecular weight excluding hydrogens is 795 g/mol. The van der Waals surface area contributed by atoms with Crippen molar-refractivity contribution < 1.29 is 0 Å². The van der Waals surface area contributed by atoms with Gasteiger partial charge in [0.15, 0.2) is 0 Å². The van der Waals surface area contributed by atoms with Gasteiger partial charge < -0.3 is 4.90 Å². The normalized spacial score (nSPS) is 12.7. The molecule has 0 bridgehead atoms. The summed E-state index contributed by atoms with van der Waals surface area (Å²) in [6.07, 6.45) is 0. The van der Waals surface area contributed by atoms with E-state index < -0.39 is 5.41 Å². The number of anilines is 3. The zero-order valence-electron chi connectivity index (χ0n) is 36.3. The Labute approximate surface area is 386 Å². The highest BCUT2D eigenvalue weighted by Crippen LogP contribution is 2.63. The third-order valence-corrected chi connectivity index (χ3v) is 14.1. The fourth-order valence-electron chi connectivity index (χ4n) is 11.3. The molecule has 0 fully saturated rings. The minimum absolute atomic E-state index is 0.408. The summed E-state index contributed by atoms with van der Waals surface area (Å²) in [6.45, 7) is 0. The quantitative estimate of drug-likeness (QED) is 0.155. The van der Waals surface area contributed by atoms with E-state index >= 15 is 0 Å². The molecule has 66 heavy (non-hydrogen) atoms. The van der Waals surface area contributed by atoms with E-state index in [4.69, 9.17) is 0 Å². The minimum atomic E-state index is -0.408. The van der Waals surface area contributed by atoms with Crippen molar-refractivity contribution in [3.8, 4) is 66.8 Å². The summed E-state index contributed by atoms with van der Waals surface area (Å²) in [5, 5.41) is 2.46. The number of para-hydroxylation sites is 1. The molecule has 13 rings (SSSR count). The van der Waals surface area contributed by atoms with Crippen LogP contribution in [-0.4, -0.2) is 0 Å². The lowest BCUT2D eigenvalue weighted by Gasteiger charge is -2.31. The van der Waals surface area contributed by atoms with Crippen LogP contribution in [0, 0.1) is 0 Å². The minimum Gasteiger partial charge on any atom is -0.310 e. The Bertz CT molecular complexity index is 3580. The molecular formula is C65H43N. The first-order valence-corrected chi connectivity index (χ1v) is 22.9. The van der Waals surface area contributed by atoms with Crippen LogP contribution in [0.3, 0.4) is 0 Å². The number of fused-ring (bicyclic) bond motifs is 11. The summed E-state index contributed by atoms with van der Waals surface area (Å²) in [7, 11) is 0. The lowest BCUT2D eigenvalue weighted by atomic mass is 9.70. The van der Waals surface area contributed by atoms with Crippen LogP contribution in [0.25, 0.3) is 77.5 Å². The predicted octanol–water partition coefficient (Wildman–Crippen LogP) is 17.3. The standard InChI is InChI=1S/C65H43N/c1-3-18-44(19-4-1)45-34-38-50(39-35-45)66(63-33-16-12-29-57(63)58-41-36-46-20-7-8-25-52(46)64(58)47-21-5-2-6-22-47)51-24-17-23-48(42-51)49-37-40-56-55-28-11-15-32-61(55)65(62(56)43-49)59-30-13-9-26-53(59)54-27-10-14-31-60(54)65/h1-43H. The van der Waals surface area contributed by atoms with E-state index in [1.165, 1.54) is 94.2 Å². The Kier molecular flexibility index (Phi) is 8.82. The molecule has 2 aliphatic carbocycles. The molecule has 2 aliphatic rings. The maximum atomic E-state index is 2.49. The van der Waals surface area contributed by atoms with Crippen molar-refractivity contribution in [1.82, 2.24) is 0 Å². The molecule has 1 nitrogen and oxygen atoms in total. The van der Waals surface area contributed by atoms with Gasteiger partial charge in [0.05, 0.1) is 11.1 Å². The highest BCUT2D eigenvalue weighted by Gasteiger charge is 2.51. The lowest BCUT2D eigenvalue weighted by molar-refractivity contribution is 0.794. The fraction of sp³-hybridized carbons (Fsp3) is 0.0154. The molecule has 308 valence electrons. The van der Waals surface area contributed by atoms with Gasteiger partial charge >= 0.3 is 0 Å². The van der Waals surface area contributed by atoms with Crippen LogP contribution in [0.15, 0.2) is 261 Å². The number of hydrogen-bond donors (Lipinski definition) is 0. The maximum absolute atomic E-state index is 2.49. The van der Waals surface area contributed by atoms with E-state index in [2.05, 4.69) is 266 Å². The Morgan fingerprint density at radius 3 is 1.42 bits per heavy atom. The Hall–Kier alpha value is -8.52. The molecule has 0 saturated heterocycles. The summed E-state index contributed by atoms with van der Waals surface area (Å²) >= 11 is 0. The van der Waals surface area contributed by atoms with E-state index in [0.717, 1.165) is 22.6 Å². The van der Waals surface area contributed by atoms with E-state index in [0.29, 0.717) is 0 Å². The third kappa shape index (κ3) is 5.80. The molecule has 0 amide bonds. The second-order valence-electron chi connectivity index (χ2n) is 17.5. The van der Waals surface area contributed by atoms with Gasteiger partial charge in [-0.15, -0.1) is 0 Å². The van der Waals surface area contributed by atoms with Gasteiger partial charge in [-0.2, -0.15) is 0 Å². The summed E-state index contributed by atoms with van der Waals surface area (Å²) < 4.78 is 0. The molecule has 0 aliphatic heterocycles. The van der Waals surface area contributed by atoms with Crippen molar-refractivity contribution in [2.45, 2.75) is 5.41 Å². The van der Waals surface area contributed by atoms with E-state index in [-0.39, 0.29) is 0 Å². The van der Waals surface area contributed by atoms with E-state index in [1.807, 2.05) is 0 Å². The number of hydrogen-bond acceptors (Lipinski definition) is 1. The van der Waals surface area contributed by atoms with Crippen LogP contribution >= 0.6 is 0 Å². The van der Waals surface area contributed by atoms with Crippen LogP contribution in [0.4, 0.5) is 17.1 Å². The van der Waals surface area contributed by atoms with Crippen molar-refractivity contribution in [3.05, 3.63) is 283 Å². The molecule has 11 aromatic rings. The average molecular weight is 838 g/mol. The predicted molar refractivity (Wildman–Crippen MR) is 277 cm³/mol. The zero-order valence-corrected chi connectivity index (χ0v) is 36.3. The molecule has 0 aromatic heterocycles. The van der Waals surface area contributed by atoms with Gasteiger partial charge in [-0.3, -0.25) is 0 Å². The van der Waals surface area contributed by atoms with E-state index in [1.54, 1.807) is 0 Å². The average Bonchev–Trinajstić information content (AvgIpc) is 3.86.